The van der Waals surface area contributed by atoms with E-state index in [1.165, 1.54) is 10.6 Å². The summed E-state index contributed by atoms with van der Waals surface area (Å²) in [7, 11) is -3.55. The minimum Gasteiger partial charge on any atom is -0.354 e. The minimum atomic E-state index is -3.55. The number of carbonyl (C=O) groups excluding carboxylic acids is 2. The second kappa shape index (κ2) is 10.6. The van der Waals surface area contributed by atoms with Crippen LogP contribution in [-0.4, -0.2) is 80.0 Å². The van der Waals surface area contributed by atoms with Gasteiger partial charge in [-0.1, -0.05) is 30.3 Å². The van der Waals surface area contributed by atoms with E-state index in [9.17, 15) is 18.0 Å². The topological polar surface area (TPSA) is 90.0 Å². The number of benzene rings is 1. The molecule has 1 heterocycles. The first-order chi connectivity index (χ1) is 13.8. The highest BCUT2D eigenvalue weighted by atomic mass is 32.2. The van der Waals surface area contributed by atoms with Crippen LogP contribution in [-0.2, 0) is 14.8 Å². The summed E-state index contributed by atoms with van der Waals surface area (Å²) in [5, 5.41) is 2.84. The Labute approximate surface area is 173 Å². The lowest BCUT2D eigenvalue weighted by Crippen LogP contribution is -2.46. The lowest BCUT2D eigenvalue weighted by atomic mass is 10.0. The predicted molar refractivity (Wildman–Crippen MR) is 113 cm³/mol. The van der Waals surface area contributed by atoms with Gasteiger partial charge in [0.15, 0.2) is 0 Å². The van der Waals surface area contributed by atoms with Crippen molar-refractivity contribution in [2.24, 2.45) is 0 Å². The normalized spacial score (nSPS) is 19.9. The number of nitrogens with zero attached hydrogens (tertiary/aromatic N) is 3. The van der Waals surface area contributed by atoms with Crippen LogP contribution in [0.4, 0.5) is 4.79 Å². The third-order valence-electron chi connectivity index (χ3n) is 5.15. The second-order valence-electron chi connectivity index (χ2n) is 7.15. The van der Waals surface area contributed by atoms with Crippen LogP contribution in [0, 0.1) is 0 Å². The van der Waals surface area contributed by atoms with Gasteiger partial charge in [0.1, 0.15) is 0 Å². The molecule has 2 rings (SSSR count). The molecular formula is C20H32N4O4S. The van der Waals surface area contributed by atoms with E-state index in [1.54, 1.807) is 9.80 Å². The number of amides is 3. The van der Waals surface area contributed by atoms with E-state index in [-0.39, 0.29) is 24.9 Å². The maximum atomic E-state index is 12.8. The molecule has 0 radical (unpaired) electrons. The average molecular weight is 425 g/mol. The van der Waals surface area contributed by atoms with Crippen molar-refractivity contribution in [3.63, 3.8) is 0 Å². The number of sulfonamides is 1. The maximum Gasteiger partial charge on any atom is 0.320 e. The number of nitrogens with one attached hydrogen (secondary N) is 1. The zero-order valence-corrected chi connectivity index (χ0v) is 18.3. The SMILES string of the molecule is CCN(CC)C(=O)N1CCCN(S(C)(=O)=O)C(c2ccccc2)CC(=O)NCC1. The van der Waals surface area contributed by atoms with Crippen molar-refractivity contribution in [2.75, 3.05) is 45.5 Å². The smallest absolute Gasteiger partial charge is 0.320 e. The number of carbonyl (C=O) groups is 2. The van der Waals surface area contributed by atoms with Crippen molar-refractivity contribution in [3.05, 3.63) is 35.9 Å². The van der Waals surface area contributed by atoms with Gasteiger partial charge in [-0.05, 0) is 25.8 Å². The fraction of sp³-hybridized carbons (Fsp3) is 0.600. The summed E-state index contributed by atoms with van der Waals surface area (Å²) in [6.45, 7) is 6.46. The standard InChI is InChI=1S/C20H32N4O4S/c1-4-22(5-2)20(26)23-13-9-14-24(29(3,27)28)18(16-19(25)21-12-15-23)17-10-7-6-8-11-17/h6-8,10-11,18H,4-5,9,12-16H2,1-3H3,(H,21,25). The molecule has 1 aliphatic heterocycles. The van der Waals surface area contributed by atoms with Gasteiger partial charge < -0.3 is 15.1 Å². The molecule has 0 bridgehead atoms. The molecule has 162 valence electrons. The first kappa shape index (κ1) is 23.2. The highest BCUT2D eigenvalue weighted by Gasteiger charge is 2.31. The summed E-state index contributed by atoms with van der Waals surface area (Å²) in [6.07, 6.45) is 1.71. The van der Waals surface area contributed by atoms with E-state index in [0.29, 0.717) is 39.1 Å². The highest BCUT2D eigenvalue weighted by Crippen LogP contribution is 2.27. The molecule has 1 N–H and O–H groups in total. The Morgan fingerprint density at radius 2 is 1.79 bits per heavy atom. The zero-order chi connectivity index (χ0) is 21.4. The highest BCUT2D eigenvalue weighted by molar-refractivity contribution is 7.88. The Balaban J connectivity index is 2.29. The van der Waals surface area contributed by atoms with Crippen molar-refractivity contribution in [1.82, 2.24) is 19.4 Å². The molecule has 1 fully saturated rings. The van der Waals surface area contributed by atoms with Gasteiger partial charge in [-0.25, -0.2) is 13.2 Å². The fourth-order valence-electron chi connectivity index (χ4n) is 3.61. The van der Waals surface area contributed by atoms with E-state index in [1.807, 2.05) is 44.2 Å². The van der Waals surface area contributed by atoms with Gasteiger partial charge in [-0.15, -0.1) is 0 Å². The molecule has 1 atom stereocenters. The number of hydrogen-bond acceptors (Lipinski definition) is 4. The van der Waals surface area contributed by atoms with Crippen LogP contribution in [0.2, 0.25) is 0 Å². The van der Waals surface area contributed by atoms with Crippen molar-refractivity contribution >= 4 is 22.0 Å². The van der Waals surface area contributed by atoms with Gasteiger partial charge in [0, 0.05) is 45.7 Å². The Morgan fingerprint density at radius 1 is 1.14 bits per heavy atom. The molecule has 1 aliphatic rings. The summed E-state index contributed by atoms with van der Waals surface area (Å²) in [5.74, 6) is -0.232. The monoisotopic (exact) mass is 424 g/mol. The summed E-state index contributed by atoms with van der Waals surface area (Å²) in [5.41, 5.74) is 0.781. The summed E-state index contributed by atoms with van der Waals surface area (Å²) < 4.78 is 26.5. The van der Waals surface area contributed by atoms with E-state index < -0.39 is 16.1 Å². The van der Waals surface area contributed by atoms with Crippen LogP contribution in [0.25, 0.3) is 0 Å². The average Bonchev–Trinajstić information content (AvgIpc) is 2.72. The Kier molecular flexibility index (Phi) is 8.45. The number of urea groups is 1. The number of hydrogen-bond donors (Lipinski definition) is 1. The van der Waals surface area contributed by atoms with Gasteiger partial charge >= 0.3 is 6.03 Å². The van der Waals surface area contributed by atoms with Crippen LogP contribution < -0.4 is 5.32 Å². The van der Waals surface area contributed by atoms with Crippen molar-refractivity contribution in [3.8, 4) is 0 Å². The minimum absolute atomic E-state index is 0.0427. The van der Waals surface area contributed by atoms with Crippen molar-refractivity contribution < 1.29 is 18.0 Å². The predicted octanol–water partition coefficient (Wildman–Crippen LogP) is 1.66. The first-order valence-corrected chi connectivity index (χ1v) is 11.9. The molecule has 0 aromatic heterocycles. The first-order valence-electron chi connectivity index (χ1n) is 10.1. The molecule has 1 saturated heterocycles. The van der Waals surface area contributed by atoms with Crippen LogP contribution in [0.15, 0.2) is 30.3 Å². The molecule has 1 aromatic rings. The van der Waals surface area contributed by atoms with Gasteiger partial charge in [-0.2, -0.15) is 4.31 Å². The van der Waals surface area contributed by atoms with Crippen molar-refractivity contribution in [1.29, 1.82) is 0 Å². The summed E-state index contributed by atoms with van der Waals surface area (Å²) >= 11 is 0. The van der Waals surface area contributed by atoms with E-state index in [2.05, 4.69) is 5.32 Å². The van der Waals surface area contributed by atoms with Crippen LogP contribution in [0.5, 0.6) is 0 Å². The summed E-state index contributed by atoms with van der Waals surface area (Å²) in [4.78, 5) is 28.7. The van der Waals surface area contributed by atoms with Gasteiger partial charge in [-0.3, -0.25) is 4.79 Å². The molecule has 0 saturated carbocycles. The largest absolute Gasteiger partial charge is 0.354 e. The van der Waals surface area contributed by atoms with E-state index in [4.69, 9.17) is 0 Å². The second-order valence-corrected chi connectivity index (χ2v) is 9.08. The zero-order valence-electron chi connectivity index (χ0n) is 17.5. The Hall–Kier alpha value is -2.13. The maximum absolute atomic E-state index is 12.8. The molecule has 1 aromatic carbocycles. The lowest BCUT2D eigenvalue weighted by molar-refractivity contribution is -0.122. The van der Waals surface area contributed by atoms with Crippen LogP contribution in [0.1, 0.15) is 38.3 Å². The van der Waals surface area contributed by atoms with Crippen LogP contribution in [0.3, 0.4) is 0 Å². The molecule has 3 amide bonds. The Morgan fingerprint density at radius 3 is 2.38 bits per heavy atom. The third-order valence-corrected chi connectivity index (χ3v) is 6.44. The van der Waals surface area contributed by atoms with E-state index >= 15 is 0 Å². The quantitative estimate of drug-likeness (QED) is 0.796. The fourth-order valence-corrected chi connectivity index (χ4v) is 4.73. The lowest BCUT2D eigenvalue weighted by Gasteiger charge is -2.31. The van der Waals surface area contributed by atoms with E-state index in [0.717, 1.165) is 5.56 Å². The Bertz CT molecular complexity index is 781. The molecular weight excluding hydrogens is 392 g/mol. The molecule has 1 unspecified atom stereocenters. The molecule has 9 heteroatoms. The molecule has 0 spiro atoms. The van der Waals surface area contributed by atoms with Gasteiger partial charge in [0.05, 0.1) is 12.3 Å². The van der Waals surface area contributed by atoms with Gasteiger partial charge in [0.2, 0.25) is 15.9 Å². The van der Waals surface area contributed by atoms with Crippen LogP contribution >= 0.6 is 0 Å². The molecule has 29 heavy (non-hydrogen) atoms. The van der Waals surface area contributed by atoms with Crippen molar-refractivity contribution in [2.45, 2.75) is 32.7 Å². The third kappa shape index (κ3) is 6.43. The van der Waals surface area contributed by atoms with Gasteiger partial charge in [0.25, 0.3) is 0 Å². The molecule has 0 aliphatic carbocycles. The summed E-state index contributed by atoms with van der Waals surface area (Å²) in [6, 6.07) is 8.55. The number of rotatable bonds is 4. The molecule has 8 nitrogen and oxygen atoms in total.